The first kappa shape index (κ1) is 19.0. The van der Waals surface area contributed by atoms with Crippen molar-refractivity contribution < 1.29 is 13.2 Å². The van der Waals surface area contributed by atoms with Gasteiger partial charge in [-0.1, -0.05) is 35.7 Å². The summed E-state index contributed by atoms with van der Waals surface area (Å²) in [6.07, 6.45) is 0.895. The predicted molar refractivity (Wildman–Crippen MR) is 103 cm³/mol. The van der Waals surface area contributed by atoms with Crippen molar-refractivity contribution >= 4 is 28.8 Å². The van der Waals surface area contributed by atoms with Crippen molar-refractivity contribution in [3.63, 3.8) is 0 Å². The smallest absolute Gasteiger partial charge is 0.342 e. The van der Waals surface area contributed by atoms with Gasteiger partial charge in [0, 0.05) is 21.8 Å². The molecular weight excluding hydrogens is 375 g/mol. The summed E-state index contributed by atoms with van der Waals surface area (Å²) in [6.45, 7) is 1.88. The van der Waals surface area contributed by atoms with E-state index in [1.807, 2.05) is 0 Å². The predicted octanol–water partition coefficient (Wildman–Crippen LogP) is 5.04. The summed E-state index contributed by atoms with van der Waals surface area (Å²) in [5.74, 6) is 2.97. The van der Waals surface area contributed by atoms with Gasteiger partial charge in [-0.25, -0.2) is 0 Å². The topological polar surface area (TPSA) is 36.8 Å². The number of rotatable bonds is 2. The molecule has 0 radical (unpaired) electrons. The van der Waals surface area contributed by atoms with Crippen LogP contribution in [0.3, 0.4) is 0 Å². The molecule has 3 rings (SSSR count). The highest BCUT2D eigenvalue weighted by Crippen LogP contribution is 2.34. The van der Waals surface area contributed by atoms with Crippen molar-refractivity contribution in [3.8, 4) is 12.3 Å². The lowest BCUT2D eigenvalue weighted by molar-refractivity contribution is -0.137. The lowest BCUT2D eigenvalue weighted by Crippen LogP contribution is -2.17. The van der Waals surface area contributed by atoms with Crippen molar-refractivity contribution in [1.82, 2.24) is 0 Å². The number of hydrogen-bond donors (Lipinski definition) is 1. The normalized spacial score (nSPS) is 16.6. The van der Waals surface area contributed by atoms with Gasteiger partial charge in [-0.15, -0.1) is 6.42 Å². The molecule has 7 heteroatoms. The second kappa shape index (κ2) is 7.45. The number of nitrogens with zero attached hydrogens (tertiary/aromatic N) is 2. The van der Waals surface area contributed by atoms with Crippen molar-refractivity contribution in [2.75, 3.05) is 11.9 Å². The zero-order chi connectivity index (χ0) is 19.6. The van der Waals surface area contributed by atoms with Crippen LogP contribution in [-0.2, 0) is 6.18 Å². The van der Waals surface area contributed by atoms with Gasteiger partial charge in [0.2, 0.25) is 0 Å². The van der Waals surface area contributed by atoms with E-state index in [0.29, 0.717) is 33.4 Å². The molecule has 0 spiro atoms. The van der Waals surface area contributed by atoms with Crippen molar-refractivity contribution in [2.24, 2.45) is 9.98 Å². The Hall–Kier alpha value is -2.78. The molecule has 0 aromatic heterocycles. The Kier molecular flexibility index (Phi) is 5.24. The van der Waals surface area contributed by atoms with Gasteiger partial charge in [0.05, 0.1) is 17.8 Å². The van der Waals surface area contributed by atoms with Gasteiger partial charge in [-0.2, -0.15) is 13.2 Å². The molecule has 1 N–H and O–H groups in total. The number of hydrogen-bond acceptors (Lipinski definition) is 2. The fourth-order valence-electron chi connectivity index (χ4n) is 2.69. The summed E-state index contributed by atoms with van der Waals surface area (Å²) >= 11 is 6.27. The number of halogens is 4. The summed E-state index contributed by atoms with van der Waals surface area (Å²) in [5, 5.41) is 3.45. The SMILES string of the molecule is C#CC(C)N=C1CN=C(c2ccccc2Cl)c2cc(C(F)(F)F)ccc2N1. The fraction of sp³-hybridized carbons (Fsp3) is 0.200. The number of benzodiazepines with no additional fused rings is 1. The van der Waals surface area contributed by atoms with E-state index in [2.05, 4.69) is 21.2 Å². The fourth-order valence-corrected chi connectivity index (χ4v) is 2.91. The Morgan fingerprint density at radius 2 is 1.96 bits per heavy atom. The minimum atomic E-state index is -4.47. The van der Waals surface area contributed by atoms with Crippen LogP contribution in [0, 0.1) is 12.3 Å². The highest BCUT2D eigenvalue weighted by molar-refractivity contribution is 6.36. The first-order valence-electron chi connectivity index (χ1n) is 8.10. The molecule has 0 saturated heterocycles. The van der Waals surface area contributed by atoms with Gasteiger partial charge >= 0.3 is 6.18 Å². The second-order valence-electron chi connectivity index (χ2n) is 5.95. The Morgan fingerprint density at radius 3 is 2.63 bits per heavy atom. The van der Waals surface area contributed by atoms with E-state index < -0.39 is 11.7 Å². The average molecular weight is 390 g/mol. The molecule has 1 heterocycles. The molecule has 0 aliphatic carbocycles. The summed E-state index contributed by atoms with van der Waals surface area (Å²) in [6, 6.07) is 9.95. The van der Waals surface area contributed by atoms with E-state index in [0.717, 1.165) is 12.1 Å². The number of alkyl halides is 3. The number of nitrogens with one attached hydrogen (secondary N) is 1. The molecule has 138 valence electrons. The minimum absolute atomic E-state index is 0.141. The van der Waals surface area contributed by atoms with E-state index >= 15 is 0 Å². The Bertz CT molecular complexity index is 971. The molecule has 2 aromatic rings. The Balaban J connectivity index is 2.20. The summed E-state index contributed by atoms with van der Waals surface area (Å²) in [5.41, 5.74) is 0.916. The van der Waals surface area contributed by atoms with Crippen molar-refractivity contribution in [3.05, 3.63) is 64.2 Å². The molecule has 1 aliphatic rings. The van der Waals surface area contributed by atoms with Crippen LogP contribution in [0.15, 0.2) is 52.4 Å². The lowest BCUT2D eigenvalue weighted by atomic mass is 9.98. The zero-order valence-electron chi connectivity index (χ0n) is 14.3. The van der Waals surface area contributed by atoms with E-state index in [-0.39, 0.29) is 12.6 Å². The summed E-state index contributed by atoms with van der Waals surface area (Å²) in [7, 11) is 0. The highest BCUT2D eigenvalue weighted by Gasteiger charge is 2.32. The highest BCUT2D eigenvalue weighted by atomic mass is 35.5. The molecule has 0 saturated carbocycles. The van der Waals surface area contributed by atoms with Crippen LogP contribution in [0.5, 0.6) is 0 Å². The Labute approximate surface area is 160 Å². The number of benzene rings is 2. The molecule has 1 unspecified atom stereocenters. The molecule has 3 nitrogen and oxygen atoms in total. The van der Waals surface area contributed by atoms with E-state index in [1.165, 1.54) is 6.07 Å². The van der Waals surface area contributed by atoms with Crippen molar-refractivity contribution in [2.45, 2.75) is 19.1 Å². The molecular formula is C20H15ClF3N3. The maximum Gasteiger partial charge on any atom is 0.416 e. The second-order valence-corrected chi connectivity index (χ2v) is 6.35. The quantitative estimate of drug-likeness (QED) is 0.717. The van der Waals surface area contributed by atoms with Crippen molar-refractivity contribution in [1.29, 1.82) is 0 Å². The van der Waals surface area contributed by atoms with Crippen LogP contribution in [0.25, 0.3) is 0 Å². The van der Waals surface area contributed by atoms with E-state index in [9.17, 15) is 13.2 Å². The molecule has 0 amide bonds. The summed E-state index contributed by atoms with van der Waals surface area (Å²) in [4.78, 5) is 8.83. The lowest BCUT2D eigenvalue weighted by Gasteiger charge is -2.15. The third-order valence-corrected chi connectivity index (χ3v) is 4.32. The van der Waals surface area contributed by atoms with Crippen LogP contribution in [0.1, 0.15) is 23.6 Å². The number of anilines is 1. The van der Waals surface area contributed by atoms with E-state index in [1.54, 1.807) is 31.2 Å². The minimum Gasteiger partial charge on any atom is -0.342 e. The largest absolute Gasteiger partial charge is 0.416 e. The van der Waals surface area contributed by atoms with Crippen LogP contribution in [0.2, 0.25) is 5.02 Å². The average Bonchev–Trinajstić information content (AvgIpc) is 2.80. The van der Waals surface area contributed by atoms with Crippen LogP contribution in [0.4, 0.5) is 18.9 Å². The van der Waals surface area contributed by atoms with Crippen LogP contribution >= 0.6 is 11.6 Å². The van der Waals surface area contributed by atoms with Gasteiger partial charge in [0.15, 0.2) is 0 Å². The monoisotopic (exact) mass is 389 g/mol. The van der Waals surface area contributed by atoms with E-state index in [4.69, 9.17) is 18.0 Å². The van der Waals surface area contributed by atoms with Gasteiger partial charge in [-0.3, -0.25) is 9.98 Å². The van der Waals surface area contributed by atoms with Crippen LogP contribution < -0.4 is 5.32 Å². The molecule has 0 bridgehead atoms. The third kappa shape index (κ3) is 4.15. The molecule has 27 heavy (non-hydrogen) atoms. The number of amidine groups is 1. The first-order valence-corrected chi connectivity index (χ1v) is 8.48. The van der Waals surface area contributed by atoms with Gasteiger partial charge in [0.1, 0.15) is 11.9 Å². The zero-order valence-corrected chi connectivity index (χ0v) is 15.1. The number of aliphatic imine (C=N–C) groups is 2. The van der Waals surface area contributed by atoms with Crippen LogP contribution in [-0.4, -0.2) is 24.1 Å². The molecule has 1 aliphatic heterocycles. The van der Waals surface area contributed by atoms with Gasteiger partial charge < -0.3 is 5.32 Å². The third-order valence-electron chi connectivity index (χ3n) is 3.99. The first-order chi connectivity index (χ1) is 12.8. The van der Waals surface area contributed by atoms with Gasteiger partial charge in [0.25, 0.3) is 0 Å². The van der Waals surface area contributed by atoms with Gasteiger partial charge in [-0.05, 0) is 31.2 Å². The summed E-state index contributed by atoms with van der Waals surface area (Å²) < 4.78 is 39.7. The Morgan fingerprint density at radius 1 is 1.22 bits per heavy atom. The molecule has 2 aromatic carbocycles. The maximum atomic E-state index is 13.2. The number of terminal acetylenes is 1. The molecule has 1 atom stereocenters. The standard InChI is InChI=1S/C20H15ClF3N3/c1-3-12(2)26-18-11-25-19(14-6-4-5-7-16(14)21)15-10-13(20(22,23)24)8-9-17(15)27-18/h1,4-10,12H,11H2,2H3,(H,26,27). The maximum absolute atomic E-state index is 13.2. The number of fused-ring (bicyclic) bond motifs is 1. The molecule has 0 fully saturated rings.